The van der Waals surface area contributed by atoms with E-state index in [1.54, 1.807) is 5.01 Å². The van der Waals surface area contributed by atoms with Gasteiger partial charge in [-0.2, -0.15) is 5.10 Å². The fourth-order valence-corrected chi connectivity index (χ4v) is 2.29. The summed E-state index contributed by atoms with van der Waals surface area (Å²) in [5, 5.41) is 6.44. The number of hydrazone groups is 1. The highest BCUT2D eigenvalue weighted by molar-refractivity contribution is 7.80. The lowest BCUT2D eigenvalue weighted by Gasteiger charge is -2.22. The zero-order chi connectivity index (χ0) is 13.3. The molecular weight excluding hydrogens is 244 g/mol. The van der Waals surface area contributed by atoms with Crippen molar-refractivity contribution in [1.29, 1.82) is 0 Å². The molecule has 1 atom stereocenters. The lowest BCUT2D eigenvalue weighted by molar-refractivity contribution is 0.373. The molecule has 0 aliphatic carbocycles. The summed E-state index contributed by atoms with van der Waals surface area (Å²) in [5.74, 6) is 0. The summed E-state index contributed by atoms with van der Waals surface area (Å²) < 4.78 is 0. The first-order valence-electron chi connectivity index (χ1n) is 5.89. The Morgan fingerprint density at radius 1 is 1.39 bits per heavy atom. The van der Waals surface area contributed by atoms with E-state index in [4.69, 9.17) is 18.0 Å². The predicted octanol–water partition coefficient (Wildman–Crippen LogP) is 2.12. The van der Waals surface area contributed by atoms with Gasteiger partial charge in [0.15, 0.2) is 5.11 Å². The van der Waals surface area contributed by atoms with Gasteiger partial charge in [0.05, 0.1) is 6.04 Å². The molecule has 5 heteroatoms. The minimum absolute atomic E-state index is 0.138. The van der Waals surface area contributed by atoms with Gasteiger partial charge in [0.2, 0.25) is 0 Å². The summed E-state index contributed by atoms with van der Waals surface area (Å²) in [7, 11) is 4.05. The molecule has 0 spiro atoms. The molecule has 1 aliphatic rings. The van der Waals surface area contributed by atoms with E-state index >= 15 is 0 Å². The Kier molecular flexibility index (Phi) is 3.52. The van der Waals surface area contributed by atoms with E-state index in [-0.39, 0.29) is 6.04 Å². The monoisotopic (exact) mass is 262 g/mol. The van der Waals surface area contributed by atoms with Crippen LogP contribution in [-0.4, -0.2) is 29.9 Å². The van der Waals surface area contributed by atoms with Crippen LogP contribution in [0.3, 0.4) is 0 Å². The van der Waals surface area contributed by atoms with E-state index in [1.807, 2.05) is 21.0 Å². The van der Waals surface area contributed by atoms with E-state index in [2.05, 4.69) is 34.3 Å². The first-order valence-corrected chi connectivity index (χ1v) is 6.30. The van der Waals surface area contributed by atoms with Crippen LogP contribution in [0.25, 0.3) is 0 Å². The van der Waals surface area contributed by atoms with Crippen LogP contribution < -0.4 is 10.6 Å². The Morgan fingerprint density at radius 2 is 2.00 bits per heavy atom. The van der Waals surface area contributed by atoms with Crippen LogP contribution in [0.1, 0.15) is 24.9 Å². The molecule has 0 fully saturated rings. The predicted molar refractivity (Wildman–Crippen MR) is 79.9 cm³/mol. The molecule has 0 aromatic heterocycles. The summed E-state index contributed by atoms with van der Waals surface area (Å²) in [6.45, 7) is 2.00. The van der Waals surface area contributed by atoms with Gasteiger partial charge in [0.25, 0.3) is 0 Å². The number of nitrogens with zero attached hydrogens (tertiary/aromatic N) is 3. The van der Waals surface area contributed by atoms with Gasteiger partial charge in [-0.05, 0) is 36.8 Å². The lowest BCUT2D eigenvalue weighted by Crippen LogP contribution is -2.31. The van der Waals surface area contributed by atoms with Crippen LogP contribution in [0.4, 0.5) is 5.69 Å². The van der Waals surface area contributed by atoms with E-state index in [1.165, 1.54) is 11.3 Å². The second-order valence-corrected chi connectivity index (χ2v) is 5.14. The zero-order valence-electron chi connectivity index (χ0n) is 10.9. The first kappa shape index (κ1) is 12.8. The highest BCUT2D eigenvalue weighted by atomic mass is 32.1. The molecule has 0 bridgehead atoms. The summed E-state index contributed by atoms with van der Waals surface area (Å²) in [6.07, 6.45) is 0.874. The Bertz CT molecular complexity index is 478. The smallest absolute Gasteiger partial charge is 0.187 e. The second-order valence-electron chi connectivity index (χ2n) is 4.72. The lowest BCUT2D eigenvalue weighted by atomic mass is 10.0. The zero-order valence-corrected chi connectivity index (χ0v) is 11.7. The number of anilines is 1. The molecule has 0 unspecified atom stereocenters. The maximum Gasteiger partial charge on any atom is 0.187 e. The molecule has 2 N–H and O–H groups in total. The second kappa shape index (κ2) is 4.94. The van der Waals surface area contributed by atoms with Crippen molar-refractivity contribution < 1.29 is 0 Å². The number of thiocarbonyl (C=S) groups is 1. The van der Waals surface area contributed by atoms with Crippen molar-refractivity contribution in [3.05, 3.63) is 29.8 Å². The SMILES string of the molecule is CC1=NN(C(N)=S)[C@H](c2ccc(N(C)C)cc2)C1. The summed E-state index contributed by atoms with van der Waals surface area (Å²) in [4.78, 5) is 2.07. The van der Waals surface area contributed by atoms with Crippen molar-refractivity contribution in [3.8, 4) is 0 Å². The van der Waals surface area contributed by atoms with Gasteiger partial charge < -0.3 is 10.6 Å². The number of hydrogen-bond donors (Lipinski definition) is 1. The van der Waals surface area contributed by atoms with Crippen LogP contribution >= 0.6 is 12.2 Å². The average molecular weight is 262 g/mol. The fourth-order valence-electron chi connectivity index (χ4n) is 2.12. The minimum Gasteiger partial charge on any atom is -0.378 e. The largest absolute Gasteiger partial charge is 0.378 e. The molecule has 4 nitrogen and oxygen atoms in total. The Labute approximate surface area is 113 Å². The van der Waals surface area contributed by atoms with E-state index < -0.39 is 0 Å². The molecule has 0 saturated heterocycles. The highest BCUT2D eigenvalue weighted by Crippen LogP contribution is 2.31. The molecule has 96 valence electrons. The molecule has 0 amide bonds. The van der Waals surface area contributed by atoms with E-state index in [0.717, 1.165) is 12.1 Å². The van der Waals surface area contributed by atoms with Crippen molar-refractivity contribution in [2.45, 2.75) is 19.4 Å². The Balaban J connectivity index is 2.24. The van der Waals surface area contributed by atoms with E-state index in [0.29, 0.717) is 5.11 Å². The maximum absolute atomic E-state index is 5.71. The third kappa shape index (κ3) is 2.46. The third-order valence-electron chi connectivity index (χ3n) is 3.08. The number of rotatable bonds is 2. The molecular formula is C13H18N4S. The minimum atomic E-state index is 0.138. The van der Waals surface area contributed by atoms with Crippen LogP contribution in [0, 0.1) is 0 Å². The molecule has 2 rings (SSSR count). The van der Waals surface area contributed by atoms with Gasteiger partial charge in [-0.25, -0.2) is 5.01 Å². The summed E-state index contributed by atoms with van der Waals surface area (Å²) >= 11 is 5.04. The molecule has 1 heterocycles. The van der Waals surface area contributed by atoms with Crippen molar-refractivity contribution in [2.24, 2.45) is 10.8 Å². The van der Waals surface area contributed by atoms with Crippen molar-refractivity contribution >= 4 is 28.7 Å². The first-order chi connectivity index (χ1) is 8.49. The number of benzene rings is 1. The number of hydrogen-bond acceptors (Lipinski definition) is 3. The molecule has 0 saturated carbocycles. The summed E-state index contributed by atoms with van der Waals surface area (Å²) in [6, 6.07) is 8.55. The van der Waals surface area contributed by atoms with Gasteiger partial charge >= 0.3 is 0 Å². The number of nitrogens with two attached hydrogens (primary N) is 1. The standard InChI is InChI=1S/C13H18N4S/c1-9-8-12(17(15-9)13(14)18)10-4-6-11(7-5-10)16(2)3/h4-7,12H,8H2,1-3H3,(H2,14,18)/t12-/m0/s1. The molecule has 18 heavy (non-hydrogen) atoms. The van der Waals surface area contributed by atoms with Gasteiger partial charge in [-0.15, -0.1) is 0 Å². The Morgan fingerprint density at radius 3 is 2.50 bits per heavy atom. The van der Waals surface area contributed by atoms with Gasteiger partial charge in [-0.1, -0.05) is 12.1 Å². The normalized spacial score (nSPS) is 18.7. The van der Waals surface area contributed by atoms with Crippen LogP contribution in [0.2, 0.25) is 0 Å². The fraction of sp³-hybridized carbons (Fsp3) is 0.385. The van der Waals surface area contributed by atoms with Crippen LogP contribution in [-0.2, 0) is 0 Å². The van der Waals surface area contributed by atoms with E-state index in [9.17, 15) is 0 Å². The van der Waals surface area contributed by atoms with Gasteiger partial charge in [0, 0.05) is 31.9 Å². The van der Waals surface area contributed by atoms with Crippen molar-refractivity contribution in [3.63, 3.8) is 0 Å². The molecule has 1 aromatic carbocycles. The third-order valence-corrected chi connectivity index (χ3v) is 3.27. The van der Waals surface area contributed by atoms with Gasteiger partial charge in [-0.3, -0.25) is 0 Å². The van der Waals surface area contributed by atoms with Crippen molar-refractivity contribution in [2.75, 3.05) is 19.0 Å². The molecule has 1 aromatic rings. The van der Waals surface area contributed by atoms with Crippen LogP contribution in [0.5, 0.6) is 0 Å². The molecule has 1 aliphatic heterocycles. The summed E-state index contributed by atoms with van der Waals surface area (Å²) in [5.41, 5.74) is 9.13. The maximum atomic E-state index is 5.71. The Hall–Kier alpha value is -1.62. The topological polar surface area (TPSA) is 44.9 Å². The van der Waals surface area contributed by atoms with Crippen LogP contribution in [0.15, 0.2) is 29.4 Å². The highest BCUT2D eigenvalue weighted by Gasteiger charge is 2.27. The van der Waals surface area contributed by atoms with Crippen molar-refractivity contribution in [1.82, 2.24) is 5.01 Å². The average Bonchev–Trinajstić information content (AvgIpc) is 2.71. The molecule has 0 radical (unpaired) electrons. The quantitative estimate of drug-likeness (QED) is 0.829. The van der Waals surface area contributed by atoms with Gasteiger partial charge in [0.1, 0.15) is 0 Å².